The van der Waals surface area contributed by atoms with Gasteiger partial charge < -0.3 is 14.6 Å². The van der Waals surface area contributed by atoms with Gasteiger partial charge in [-0.25, -0.2) is 0 Å². The number of nitrogens with two attached hydrogens (primary N) is 1. The van der Waals surface area contributed by atoms with E-state index in [0.29, 0.717) is 0 Å². The highest BCUT2D eigenvalue weighted by atomic mass is 28.4. The van der Waals surface area contributed by atoms with Crippen LogP contribution in [0.1, 0.15) is 19.8 Å². The maximum absolute atomic E-state index is 5.63. The largest absolute Gasteiger partial charge is 0.395 e. The van der Waals surface area contributed by atoms with Crippen LogP contribution in [0.25, 0.3) is 0 Å². The molecule has 74 valence electrons. The third kappa shape index (κ3) is 6.79. The van der Waals surface area contributed by atoms with Crippen molar-refractivity contribution in [3.63, 3.8) is 0 Å². The van der Waals surface area contributed by atoms with Crippen LogP contribution in [0.2, 0.25) is 13.1 Å². The molecule has 0 spiro atoms. The second kappa shape index (κ2) is 6.60. The molecule has 0 rings (SSSR count). The van der Waals surface area contributed by atoms with E-state index in [9.17, 15) is 0 Å². The topological polar surface area (TPSA) is 44.5 Å². The molecule has 0 aliphatic carbocycles. The van der Waals surface area contributed by atoms with Gasteiger partial charge in [0.2, 0.25) is 0 Å². The highest BCUT2D eigenvalue weighted by Crippen LogP contribution is 2.06. The first-order valence-electron chi connectivity index (χ1n) is 4.60. The van der Waals surface area contributed by atoms with Crippen molar-refractivity contribution in [3.05, 3.63) is 0 Å². The summed E-state index contributed by atoms with van der Waals surface area (Å²) in [6.45, 7) is 8.42. The Morgan fingerprint density at radius 1 is 1.17 bits per heavy atom. The molecular weight excluding hydrogens is 170 g/mol. The van der Waals surface area contributed by atoms with Gasteiger partial charge in [0.25, 0.3) is 0 Å². The molecule has 12 heavy (non-hydrogen) atoms. The molecule has 3 nitrogen and oxygen atoms in total. The van der Waals surface area contributed by atoms with Crippen LogP contribution in [0.3, 0.4) is 0 Å². The van der Waals surface area contributed by atoms with Gasteiger partial charge in [-0.3, -0.25) is 0 Å². The minimum Gasteiger partial charge on any atom is -0.395 e. The smallest absolute Gasteiger partial charge is 0.331 e. The molecule has 0 saturated carbocycles. The van der Waals surface area contributed by atoms with E-state index in [0.717, 1.165) is 32.6 Å². The molecule has 0 bridgehead atoms. The summed E-state index contributed by atoms with van der Waals surface area (Å²) in [7, 11) is -1.79. The van der Waals surface area contributed by atoms with Crippen LogP contribution < -0.4 is 5.73 Å². The van der Waals surface area contributed by atoms with Gasteiger partial charge in [0.05, 0.1) is 0 Å². The predicted octanol–water partition coefficient (Wildman–Crippen LogP) is 1.48. The van der Waals surface area contributed by atoms with Crippen LogP contribution in [0.4, 0.5) is 0 Å². The van der Waals surface area contributed by atoms with Gasteiger partial charge in [-0.1, -0.05) is 0 Å². The maximum Gasteiger partial charge on any atom is 0.331 e. The molecule has 4 heteroatoms. The Labute approximate surface area is 76.5 Å². The Morgan fingerprint density at radius 3 is 2.33 bits per heavy atom. The standard InChI is InChI=1S/C8H21NO2Si/c1-4-10-12(2,3)11-8-6-5-7-9/h4-9H2,1-3H3. The minimum absolute atomic E-state index is 0.746. The lowest BCUT2D eigenvalue weighted by atomic mass is 10.3. The summed E-state index contributed by atoms with van der Waals surface area (Å²) < 4.78 is 11.1. The van der Waals surface area contributed by atoms with E-state index in [1.165, 1.54) is 0 Å². The van der Waals surface area contributed by atoms with Crippen molar-refractivity contribution >= 4 is 8.56 Å². The van der Waals surface area contributed by atoms with Crippen molar-refractivity contribution in [1.29, 1.82) is 0 Å². The molecule has 0 unspecified atom stereocenters. The molecule has 0 radical (unpaired) electrons. The first-order valence-corrected chi connectivity index (χ1v) is 7.42. The summed E-state index contributed by atoms with van der Waals surface area (Å²) in [5, 5.41) is 0. The fraction of sp³-hybridized carbons (Fsp3) is 1.00. The average Bonchev–Trinajstić information content (AvgIpc) is 1.98. The van der Waals surface area contributed by atoms with Gasteiger partial charge in [-0.15, -0.1) is 0 Å². The number of unbranched alkanes of at least 4 members (excludes halogenated alkanes) is 1. The molecule has 2 N–H and O–H groups in total. The van der Waals surface area contributed by atoms with Gasteiger partial charge in [0, 0.05) is 13.2 Å². The highest BCUT2D eigenvalue weighted by molar-refractivity contribution is 6.64. The van der Waals surface area contributed by atoms with Crippen molar-refractivity contribution in [2.24, 2.45) is 5.73 Å². The third-order valence-corrected chi connectivity index (χ3v) is 3.42. The molecule has 0 atom stereocenters. The lowest BCUT2D eigenvalue weighted by molar-refractivity contribution is 0.184. The quantitative estimate of drug-likeness (QED) is 0.490. The van der Waals surface area contributed by atoms with Crippen molar-refractivity contribution in [2.45, 2.75) is 32.9 Å². The number of hydrogen-bond acceptors (Lipinski definition) is 3. The molecule has 0 aliphatic heterocycles. The molecule has 0 aromatic carbocycles. The highest BCUT2D eigenvalue weighted by Gasteiger charge is 2.22. The SMILES string of the molecule is CCO[Si](C)(C)OCCCCN. The molecule has 0 amide bonds. The first-order chi connectivity index (χ1) is 5.62. The predicted molar refractivity (Wildman–Crippen MR) is 53.3 cm³/mol. The minimum atomic E-state index is -1.79. The Morgan fingerprint density at radius 2 is 1.83 bits per heavy atom. The number of rotatable bonds is 7. The summed E-state index contributed by atoms with van der Waals surface area (Å²) in [5.74, 6) is 0. The van der Waals surface area contributed by atoms with E-state index in [-0.39, 0.29) is 0 Å². The van der Waals surface area contributed by atoms with E-state index in [1.807, 2.05) is 6.92 Å². The molecule has 0 heterocycles. The van der Waals surface area contributed by atoms with Crippen LogP contribution in [0.15, 0.2) is 0 Å². The Kier molecular flexibility index (Phi) is 6.65. The third-order valence-electron chi connectivity index (χ3n) is 1.54. The first kappa shape index (κ1) is 12.1. The zero-order valence-corrected chi connectivity index (χ0v) is 9.43. The maximum atomic E-state index is 5.63. The summed E-state index contributed by atoms with van der Waals surface area (Å²) in [4.78, 5) is 0. The van der Waals surface area contributed by atoms with Gasteiger partial charge in [0.1, 0.15) is 0 Å². The summed E-state index contributed by atoms with van der Waals surface area (Å²) in [6.07, 6.45) is 2.08. The van der Waals surface area contributed by atoms with E-state index in [1.54, 1.807) is 0 Å². The second-order valence-corrected chi connectivity index (χ2v) is 6.55. The van der Waals surface area contributed by atoms with Gasteiger partial charge in [-0.05, 0) is 39.4 Å². The summed E-state index contributed by atoms with van der Waals surface area (Å²) in [5.41, 5.74) is 5.36. The van der Waals surface area contributed by atoms with Gasteiger partial charge in [0.15, 0.2) is 0 Å². The molecule has 0 fully saturated rings. The van der Waals surface area contributed by atoms with Gasteiger partial charge in [-0.2, -0.15) is 0 Å². The average molecular weight is 191 g/mol. The second-order valence-electron chi connectivity index (χ2n) is 3.18. The molecule has 0 saturated heterocycles. The van der Waals surface area contributed by atoms with Crippen LogP contribution >= 0.6 is 0 Å². The van der Waals surface area contributed by atoms with Crippen LogP contribution in [0.5, 0.6) is 0 Å². The zero-order valence-electron chi connectivity index (χ0n) is 8.43. The molecule has 0 aromatic heterocycles. The molecule has 0 aliphatic rings. The lowest BCUT2D eigenvalue weighted by Gasteiger charge is -2.21. The molecular formula is C8H21NO2Si. The fourth-order valence-corrected chi connectivity index (χ4v) is 2.37. The van der Waals surface area contributed by atoms with E-state index in [4.69, 9.17) is 14.6 Å². The zero-order chi connectivity index (χ0) is 9.45. The summed E-state index contributed by atoms with van der Waals surface area (Å²) in [6, 6.07) is 0. The van der Waals surface area contributed by atoms with E-state index < -0.39 is 8.56 Å². The monoisotopic (exact) mass is 191 g/mol. The Hall–Kier alpha value is 0.0969. The Balaban J connectivity index is 3.33. The van der Waals surface area contributed by atoms with Crippen LogP contribution in [-0.2, 0) is 8.85 Å². The fourth-order valence-electron chi connectivity index (χ4n) is 0.954. The van der Waals surface area contributed by atoms with Crippen molar-refractivity contribution in [1.82, 2.24) is 0 Å². The normalized spacial score (nSPS) is 12.0. The van der Waals surface area contributed by atoms with Gasteiger partial charge >= 0.3 is 8.56 Å². The Bertz CT molecular complexity index is 109. The number of hydrogen-bond donors (Lipinski definition) is 1. The van der Waals surface area contributed by atoms with Crippen LogP contribution in [0, 0.1) is 0 Å². The lowest BCUT2D eigenvalue weighted by Crippen LogP contribution is -2.35. The van der Waals surface area contributed by atoms with Crippen LogP contribution in [-0.4, -0.2) is 28.3 Å². The van der Waals surface area contributed by atoms with Crippen molar-refractivity contribution < 1.29 is 8.85 Å². The van der Waals surface area contributed by atoms with E-state index >= 15 is 0 Å². The molecule has 0 aromatic rings. The van der Waals surface area contributed by atoms with Crippen molar-refractivity contribution in [2.75, 3.05) is 19.8 Å². The van der Waals surface area contributed by atoms with E-state index in [2.05, 4.69) is 13.1 Å². The van der Waals surface area contributed by atoms with Crippen molar-refractivity contribution in [3.8, 4) is 0 Å². The summed E-state index contributed by atoms with van der Waals surface area (Å²) >= 11 is 0.